The van der Waals surface area contributed by atoms with Crippen molar-refractivity contribution in [3.05, 3.63) is 11.6 Å². The number of ether oxygens (including phenoxy) is 9. The zero-order valence-electron chi connectivity index (χ0n) is 42.9. The van der Waals surface area contributed by atoms with Gasteiger partial charge in [-0.25, -0.2) is 0 Å². The summed E-state index contributed by atoms with van der Waals surface area (Å²) in [5.41, 5.74) is 0.972. The Labute approximate surface area is 430 Å². The molecular formula is C51H84O23. The first-order valence-electron chi connectivity index (χ1n) is 26.9. The first-order valence-corrected chi connectivity index (χ1v) is 26.9. The van der Waals surface area contributed by atoms with E-state index in [1.807, 2.05) is 0 Å². The summed E-state index contributed by atoms with van der Waals surface area (Å²) >= 11 is 0. The number of rotatable bonds is 15. The number of fused-ring (bicyclic) bond motifs is 7. The summed E-state index contributed by atoms with van der Waals surface area (Å²) in [6.07, 6.45) is -21.6. The molecule has 8 fully saturated rings. The average Bonchev–Trinajstić information content (AvgIpc) is 3.82. The summed E-state index contributed by atoms with van der Waals surface area (Å²) in [7, 11) is 0. The SMILES string of the molecule is CC1OC(OC2C(CO)OC(O[C@H]3CC[C@@]4(C)C(=CC[C@H]5[C@@H]6C[C@@H]7O[C@](O)(CC[C@H](CO)COC8OC(CO)C(O)C(O)C8O)[C@@H](C)[C@@H]7[C@@]6(C)CC[C@@H]54)C3)C(OC3OC(C)C(O)C(O)C3O)C2O)C(O)C(O)C1O. The average molecular weight is 1070 g/mol. The number of allylic oxidation sites excluding steroid dienone is 1. The molecule has 0 amide bonds. The summed E-state index contributed by atoms with van der Waals surface area (Å²) in [5, 5.41) is 149. The highest BCUT2D eigenvalue weighted by molar-refractivity contribution is 5.26. The van der Waals surface area contributed by atoms with Gasteiger partial charge in [-0.1, -0.05) is 32.4 Å². The van der Waals surface area contributed by atoms with E-state index in [1.54, 1.807) is 0 Å². The monoisotopic (exact) mass is 1060 g/mol. The van der Waals surface area contributed by atoms with Crippen LogP contribution in [0.15, 0.2) is 11.6 Å². The lowest BCUT2D eigenvalue weighted by Crippen LogP contribution is -2.66. The van der Waals surface area contributed by atoms with Crippen LogP contribution in [0.2, 0.25) is 0 Å². The maximum atomic E-state index is 12.1. The normalized spacial score (nSPS) is 54.9. The van der Waals surface area contributed by atoms with E-state index in [2.05, 4.69) is 26.8 Å². The van der Waals surface area contributed by atoms with E-state index in [-0.39, 0.29) is 48.4 Å². The molecule has 5 aliphatic heterocycles. The van der Waals surface area contributed by atoms with Gasteiger partial charge in [0, 0.05) is 24.9 Å². The van der Waals surface area contributed by atoms with E-state index in [9.17, 15) is 71.5 Å². The van der Waals surface area contributed by atoms with Gasteiger partial charge in [-0.05, 0) is 99.7 Å². The molecule has 23 heteroatoms. The number of aliphatic hydroxyl groups excluding tert-OH is 13. The maximum Gasteiger partial charge on any atom is 0.187 e. The molecule has 3 saturated carbocycles. The van der Waals surface area contributed by atoms with Crippen LogP contribution >= 0.6 is 0 Å². The molecule has 20 unspecified atom stereocenters. The predicted octanol–water partition coefficient (Wildman–Crippen LogP) is -3.01. The van der Waals surface area contributed by atoms with Gasteiger partial charge < -0.3 is 114 Å². The van der Waals surface area contributed by atoms with Crippen LogP contribution in [0.1, 0.15) is 92.4 Å². The van der Waals surface area contributed by atoms with E-state index < -0.39 is 154 Å². The lowest BCUT2D eigenvalue weighted by molar-refractivity contribution is -0.388. The van der Waals surface area contributed by atoms with Crippen molar-refractivity contribution in [1.82, 2.24) is 0 Å². The summed E-state index contributed by atoms with van der Waals surface area (Å²) in [5.74, 6) is -0.984. The Morgan fingerprint density at radius 3 is 1.85 bits per heavy atom. The molecule has 0 aromatic carbocycles. The molecule has 9 aliphatic rings. The molecule has 74 heavy (non-hydrogen) atoms. The van der Waals surface area contributed by atoms with Gasteiger partial charge in [-0.3, -0.25) is 0 Å². The summed E-state index contributed by atoms with van der Waals surface area (Å²) in [6.45, 7) is 8.03. The number of hydrogen-bond acceptors (Lipinski definition) is 23. The zero-order valence-corrected chi connectivity index (χ0v) is 42.9. The first kappa shape index (κ1) is 57.5. The fraction of sp³-hybridized carbons (Fsp3) is 0.961. The Kier molecular flexibility index (Phi) is 17.4. The minimum absolute atomic E-state index is 0.0749. The number of aliphatic hydroxyl groups is 14. The van der Waals surface area contributed by atoms with Crippen LogP contribution < -0.4 is 0 Å². The Morgan fingerprint density at radius 1 is 0.635 bits per heavy atom. The zero-order chi connectivity index (χ0) is 53.5. The molecule has 5 saturated heterocycles. The van der Waals surface area contributed by atoms with Gasteiger partial charge in [0.1, 0.15) is 85.5 Å². The van der Waals surface area contributed by atoms with Crippen molar-refractivity contribution >= 4 is 0 Å². The fourth-order valence-corrected chi connectivity index (χ4v) is 15.0. The second kappa shape index (κ2) is 22.4. The topological polar surface area (TPSA) is 366 Å². The second-order valence-corrected chi connectivity index (χ2v) is 23.8. The van der Waals surface area contributed by atoms with Crippen LogP contribution in [0, 0.1) is 46.3 Å². The van der Waals surface area contributed by atoms with Gasteiger partial charge in [0.25, 0.3) is 0 Å². The van der Waals surface area contributed by atoms with Crippen LogP contribution in [0.4, 0.5) is 0 Å². The minimum Gasteiger partial charge on any atom is -0.396 e. The molecule has 0 spiro atoms. The molecule has 14 N–H and O–H groups in total. The Bertz CT molecular complexity index is 1920. The van der Waals surface area contributed by atoms with Gasteiger partial charge in [-0.15, -0.1) is 0 Å². The quantitative estimate of drug-likeness (QED) is 0.0727. The van der Waals surface area contributed by atoms with Gasteiger partial charge in [0.15, 0.2) is 30.9 Å². The van der Waals surface area contributed by atoms with Crippen molar-refractivity contribution in [3.63, 3.8) is 0 Å². The highest BCUT2D eigenvalue weighted by Gasteiger charge is 2.68. The third-order valence-electron chi connectivity index (χ3n) is 19.6. The fourth-order valence-electron chi connectivity index (χ4n) is 15.0. The van der Waals surface area contributed by atoms with Gasteiger partial charge in [0.2, 0.25) is 0 Å². The smallest absolute Gasteiger partial charge is 0.187 e. The van der Waals surface area contributed by atoms with Crippen molar-refractivity contribution in [2.75, 3.05) is 26.4 Å². The van der Waals surface area contributed by atoms with Gasteiger partial charge in [0.05, 0.1) is 44.2 Å². The summed E-state index contributed by atoms with van der Waals surface area (Å²) < 4.78 is 54.4. The van der Waals surface area contributed by atoms with E-state index >= 15 is 0 Å². The van der Waals surface area contributed by atoms with Crippen LogP contribution in [0.5, 0.6) is 0 Å². The molecule has 5 heterocycles. The standard InChI is InChI=1S/C51H84O23/c1-20-32-29(74-51(20,65)13-8-23(16-52)19-66-45-39(61)38(60)35(57)30(17-53)70-45)15-28-26-7-6-24-14-25(9-11-49(24,4)27(26)10-12-50(28,32)5)69-48-44(73-47-41(63)37(59)34(56)22(3)68-47)42(64)43(31(18-54)71-48)72-46-40(62)36(58)33(55)21(2)67-46/h6,20-23,25-48,52-65H,7-19H2,1-5H3/t20-,21?,22?,23+,25-,26+,27-,28-,29-,30?,31?,32-,33?,34?,35?,36?,37?,38?,39?,40?,41?,42?,43?,44?,45?,46?,47?,48?,49-,50-,51+/m0/s1. The molecule has 0 bridgehead atoms. The van der Waals surface area contributed by atoms with Crippen LogP contribution in [-0.2, 0) is 42.6 Å². The van der Waals surface area contributed by atoms with Crippen LogP contribution in [0.3, 0.4) is 0 Å². The van der Waals surface area contributed by atoms with E-state index in [0.717, 1.165) is 32.1 Å². The van der Waals surface area contributed by atoms with Crippen molar-refractivity contribution in [1.29, 1.82) is 0 Å². The third kappa shape index (κ3) is 10.2. The van der Waals surface area contributed by atoms with Gasteiger partial charge in [-0.2, -0.15) is 0 Å². The summed E-state index contributed by atoms with van der Waals surface area (Å²) in [6, 6.07) is 0. The first-order chi connectivity index (χ1) is 35.0. The molecule has 426 valence electrons. The van der Waals surface area contributed by atoms with E-state index in [1.165, 1.54) is 19.4 Å². The highest BCUT2D eigenvalue weighted by atomic mass is 16.8. The molecule has 23 nitrogen and oxygen atoms in total. The minimum atomic E-state index is -1.76. The molecule has 0 aromatic rings. The van der Waals surface area contributed by atoms with Crippen LogP contribution in [0.25, 0.3) is 0 Å². The van der Waals surface area contributed by atoms with Gasteiger partial charge >= 0.3 is 0 Å². The lowest BCUT2D eigenvalue weighted by Gasteiger charge is -2.58. The van der Waals surface area contributed by atoms with Crippen molar-refractivity contribution in [2.45, 2.75) is 233 Å². The van der Waals surface area contributed by atoms with E-state index in [0.29, 0.717) is 37.0 Å². The highest BCUT2D eigenvalue weighted by Crippen LogP contribution is 2.70. The van der Waals surface area contributed by atoms with Crippen molar-refractivity contribution in [2.24, 2.45) is 46.3 Å². The molecule has 4 aliphatic carbocycles. The second-order valence-electron chi connectivity index (χ2n) is 23.8. The molecule has 31 atom stereocenters. The van der Waals surface area contributed by atoms with E-state index in [4.69, 9.17) is 42.6 Å². The number of hydrogen-bond donors (Lipinski definition) is 14. The molecular weight excluding hydrogens is 981 g/mol. The van der Waals surface area contributed by atoms with Crippen molar-refractivity contribution < 1.29 is 114 Å². The predicted molar refractivity (Wildman–Crippen MR) is 250 cm³/mol. The summed E-state index contributed by atoms with van der Waals surface area (Å²) in [4.78, 5) is 0. The van der Waals surface area contributed by atoms with Crippen molar-refractivity contribution in [3.8, 4) is 0 Å². The Balaban J connectivity index is 0.850. The maximum absolute atomic E-state index is 12.1. The molecule has 0 aromatic heterocycles. The molecule has 0 radical (unpaired) electrons. The lowest BCUT2D eigenvalue weighted by atomic mass is 9.47. The third-order valence-corrected chi connectivity index (χ3v) is 19.6. The Hall–Kier alpha value is -1.18. The molecule has 9 rings (SSSR count). The largest absolute Gasteiger partial charge is 0.396 e. The Morgan fingerprint density at radius 2 is 1.23 bits per heavy atom. The van der Waals surface area contributed by atoms with Crippen LogP contribution in [-0.4, -0.2) is 239 Å².